The van der Waals surface area contributed by atoms with Crippen molar-refractivity contribution < 1.29 is 0 Å². The number of hydrogen-bond acceptors (Lipinski definition) is 0. The average molecular weight is 409 g/mol. The van der Waals surface area contributed by atoms with Crippen LogP contribution in [0.4, 0.5) is 0 Å². The average Bonchev–Trinajstić information content (AvgIpc) is 2.78. The zero-order valence-corrected chi connectivity index (χ0v) is 20.2. The molecule has 0 aromatic heterocycles. The van der Waals surface area contributed by atoms with Crippen molar-refractivity contribution in [2.24, 2.45) is 23.7 Å². The Labute approximate surface area is 189 Å². The Morgan fingerprint density at radius 3 is 1.40 bits per heavy atom. The molecule has 30 heavy (non-hydrogen) atoms. The molecule has 0 aromatic carbocycles. The Hall–Kier alpha value is -1.14. The van der Waals surface area contributed by atoms with E-state index in [1.165, 1.54) is 116 Å². The van der Waals surface area contributed by atoms with Crippen molar-refractivity contribution in [3.05, 3.63) is 12.2 Å². The van der Waals surface area contributed by atoms with Crippen molar-refractivity contribution in [2.75, 3.05) is 0 Å². The van der Waals surface area contributed by atoms with Crippen molar-refractivity contribution >= 4 is 0 Å². The van der Waals surface area contributed by atoms with E-state index in [2.05, 4.69) is 37.5 Å². The molecule has 0 unspecified atom stereocenters. The molecule has 0 nitrogen and oxygen atoms in total. The molecule has 0 amide bonds. The van der Waals surface area contributed by atoms with E-state index in [4.69, 9.17) is 0 Å². The molecule has 0 atom stereocenters. The maximum absolute atomic E-state index is 3.49. The van der Waals surface area contributed by atoms with E-state index >= 15 is 0 Å². The highest BCUT2D eigenvalue weighted by atomic mass is 14.2. The fraction of sp³-hybridized carbons (Fsp3) is 0.800. The zero-order valence-electron chi connectivity index (χ0n) is 20.2. The quantitative estimate of drug-likeness (QED) is 0.250. The monoisotopic (exact) mass is 408 g/mol. The van der Waals surface area contributed by atoms with Crippen LogP contribution in [0.25, 0.3) is 0 Å². The van der Waals surface area contributed by atoms with Crippen molar-refractivity contribution in [1.29, 1.82) is 0 Å². The fourth-order valence-corrected chi connectivity index (χ4v) is 5.33. The minimum absolute atomic E-state index is 0.627. The van der Waals surface area contributed by atoms with Crippen molar-refractivity contribution in [3.63, 3.8) is 0 Å². The number of unbranched alkanes of at least 4 members (excludes halogenated alkanes) is 6. The molecule has 2 aliphatic rings. The predicted octanol–water partition coefficient (Wildman–Crippen LogP) is 9.10. The summed E-state index contributed by atoms with van der Waals surface area (Å²) in [5.74, 6) is 16.7. The highest BCUT2D eigenvalue weighted by Crippen LogP contribution is 2.32. The Morgan fingerprint density at radius 2 is 0.933 bits per heavy atom. The molecule has 168 valence electrons. The molecule has 2 aliphatic carbocycles. The standard InChI is InChI=1S/C30H48/c1-3-5-7-8-12-16-28-23-25-30(26-24-28)18-14-10-9-13-17-29-21-19-27(20-22-29)15-11-6-4-2/h9-10,27-30H,3-8,11-12,15-16,19-26H2,1-2H3. The largest absolute Gasteiger partial charge is 0.0951 e. The number of allylic oxidation sites excluding steroid dienone is 2. The molecule has 2 saturated carbocycles. The van der Waals surface area contributed by atoms with Crippen LogP contribution in [0.15, 0.2) is 12.2 Å². The van der Waals surface area contributed by atoms with Gasteiger partial charge in [0.25, 0.3) is 0 Å². The second kappa shape index (κ2) is 16.5. The normalized spacial score (nSPS) is 26.6. The lowest BCUT2D eigenvalue weighted by atomic mass is 9.80. The molecule has 0 heteroatoms. The minimum Gasteiger partial charge on any atom is -0.0951 e. The Kier molecular flexibility index (Phi) is 13.9. The van der Waals surface area contributed by atoms with Crippen LogP contribution < -0.4 is 0 Å². The van der Waals surface area contributed by atoms with Gasteiger partial charge < -0.3 is 0 Å². The molecule has 2 fully saturated rings. The summed E-state index contributed by atoms with van der Waals surface area (Å²) in [6.07, 6.45) is 29.0. The Balaban J connectivity index is 1.54. The Bertz CT molecular complexity index is 559. The van der Waals surface area contributed by atoms with Crippen molar-refractivity contribution in [2.45, 2.75) is 129 Å². The Morgan fingerprint density at radius 1 is 0.533 bits per heavy atom. The van der Waals surface area contributed by atoms with Crippen LogP contribution in [0.1, 0.15) is 129 Å². The zero-order chi connectivity index (χ0) is 21.3. The molecule has 0 saturated heterocycles. The van der Waals surface area contributed by atoms with E-state index < -0.39 is 0 Å². The smallest absolute Gasteiger partial charge is 0.0206 e. The van der Waals surface area contributed by atoms with Gasteiger partial charge in [0.15, 0.2) is 0 Å². The van der Waals surface area contributed by atoms with Gasteiger partial charge in [0.1, 0.15) is 0 Å². The molecule has 0 aliphatic heterocycles. The first-order chi connectivity index (χ1) is 14.8. The molecule has 2 rings (SSSR count). The third kappa shape index (κ3) is 11.3. The van der Waals surface area contributed by atoms with Crippen LogP contribution in [-0.4, -0.2) is 0 Å². The van der Waals surface area contributed by atoms with Gasteiger partial charge in [-0.1, -0.05) is 102 Å². The summed E-state index contributed by atoms with van der Waals surface area (Å²) in [6, 6.07) is 0. The van der Waals surface area contributed by atoms with Crippen LogP contribution in [0.5, 0.6) is 0 Å². The molecule has 0 aromatic rings. The molecule has 0 bridgehead atoms. The first-order valence-corrected chi connectivity index (χ1v) is 13.5. The lowest BCUT2D eigenvalue weighted by molar-refractivity contribution is 0.294. The highest BCUT2D eigenvalue weighted by molar-refractivity contribution is 5.26. The van der Waals surface area contributed by atoms with Gasteiger partial charge in [-0.05, 0) is 75.4 Å². The first kappa shape index (κ1) is 25.1. The SMILES string of the molecule is CCCCCCCC1CCC(C#CC=CC#CC2CCC(CCCCC)CC2)CC1. The summed E-state index contributed by atoms with van der Waals surface area (Å²) in [5.41, 5.74) is 0. The molecule has 0 heterocycles. The van der Waals surface area contributed by atoms with Crippen LogP contribution in [0.3, 0.4) is 0 Å². The minimum atomic E-state index is 0.627. The van der Waals surface area contributed by atoms with Crippen LogP contribution in [0.2, 0.25) is 0 Å². The summed E-state index contributed by atoms with van der Waals surface area (Å²) >= 11 is 0. The third-order valence-electron chi connectivity index (χ3n) is 7.45. The van der Waals surface area contributed by atoms with Gasteiger partial charge in [0.2, 0.25) is 0 Å². The van der Waals surface area contributed by atoms with Crippen LogP contribution in [-0.2, 0) is 0 Å². The van der Waals surface area contributed by atoms with Gasteiger partial charge in [-0.15, -0.1) is 0 Å². The predicted molar refractivity (Wildman–Crippen MR) is 133 cm³/mol. The van der Waals surface area contributed by atoms with Gasteiger partial charge in [-0.25, -0.2) is 0 Å². The van der Waals surface area contributed by atoms with E-state index in [1.54, 1.807) is 0 Å². The van der Waals surface area contributed by atoms with Gasteiger partial charge in [-0.3, -0.25) is 0 Å². The molecular weight excluding hydrogens is 360 g/mol. The maximum atomic E-state index is 3.49. The van der Waals surface area contributed by atoms with E-state index in [-0.39, 0.29) is 0 Å². The van der Waals surface area contributed by atoms with E-state index in [0.717, 1.165) is 11.8 Å². The van der Waals surface area contributed by atoms with Crippen molar-refractivity contribution in [3.8, 4) is 23.7 Å². The molecule has 0 radical (unpaired) electrons. The third-order valence-corrected chi connectivity index (χ3v) is 7.45. The second-order valence-corrected chi connectivity index (χ2v) is 10.0. The lowest BCUT2D eigenvalue weighted by Gasteiger charge is -2.25. The summed E-state index contributed by atoms with van der Waals surface area (Å²) in [6.45, 7) is 4.59. The van der Waals surface area contributed by atoms with E-state index in [1.807, 2.05) is 12.2 Å². The van der Waals surface area contributed by atoms with Crippen LogP contribution >= 0.6 is 0 Å². The van der Waals surface area contributed by atoms with E-state index in [9.17, 15) is 0 Å². The second-order valence-electron chi connectivity index (χ2n) is 10.0. The molecular formula is C30H48. The van der Waals surface area contributed by atoms with Gasteiger partial charge in [0, 0.05) is 11.8 Å². The lowest BCUT2D eigenvalue weighted by Crippen LogP contribution is -2.13. The fourth-order valence-electron chi connectivity index (χ4n) is 5.33. The summed E-state index contributed by atoms with van der Waals surface area (Å²) in [4.78, 5) is 0. The number of rotatable bonds is 10. The first-order valence-electron chi connectivity index (χ1n) is 13.5. The summed E-state index contributed by atoms with van der Waals surface area (Å²) in [5, 5.41) is 0. The van der Waals surface area contributed by atoms with Gasteiger partial charge >= 0.3 is 0 Å². The maximum Gasteiger partial charge on any atom is 0.0206 e. The molecule has 0 N–H and O–H groups in total. The van der Waals surface area contributed by atoms with Gasteiger partial charge in [-0.2, -0.15) is 0 Å². The van der Waals surface area contributed by atoms with Crippen LogP contribution in [0, 0.1) is 47.4 Å². The van der Waals surface area contributed by atoms with Crippen molar-refractivity contribution in [1.82, 2.24) is 0 Å². The summed E-state index contributed by atoms with van der Waals surface area (Å²) < 4.78 is 0. The number of hydrogen-bond donors (Lipinski definition) is 0. The summed E-state index contributed by atoms with van der Waals surface area (Å²) in [7, 11) is 0. The van der Waals surface area contributed by atoms with E-state index in [0.29, 0.717) is 11.8 Å². The van der Waals surface area contributed by atoms with Gasteiger partial charge in [0.05, 0.1) is 0 Å². The highest BCUT2D eigenvalue weighted by Gasteiger charge is 2.20. The topological polar surface area (TPSA) is 0 Å². The molecule has 0 spiro atoms.